The summed E-state index contributed by atoms with van der Waals surface area (Å²) in [6.45, 7) is 1.97. The van der Waals surface area contributed by atoms with Crippen molar-refractivity contribution in [2.24, 2.45) is 0 Å². The SMILES string of the molecule is C#CC1(COC(=O)CCCCCCCCCCCCCCCC)O[C@@H](n2cnc3c(N)nc(F)nc32)C[C@@H]1O. The van der Waals surface area contributed by atoms with E-state index in [-0.39, 0.29) is 36.0 Å². The second-order valence-corrected chi connectivity index (χ2v) is 10.6. The van der Waals surface area contributed by atoms with Crippen molar-refractivity contribution in [2.45, 2.75) is 128 Å². The lowest BCUT2D eigenvalue weighted by molar-refractivity contribution is -0.156. The van der Waals surface area contributed by atoms with Gasteiger partial charge in [-0.1, -0.05) is 96.3 Å². The number of nitrogen functional groups attached to an aromatic ring is 1. The van der Waals surface area contributed by atoms with Crippen LogP contribution in [0.3, 0.4) is 0 Å². The molecule has 0 spiro atoms. The maximum atomic E-state index is 13.7. The minimum absolute atomic E-state index is 0.0810. The number of nitrogens with zero attached hydrogens (tertiary/aromatic N) is 4. The highest BCUT2D eigenvalue weighted by molar-refractivity contribution is 5.81. The van der Waals surface area contributed by atoms with Crippen LogP contribution in [0, 0.1) is 18.4 Å². The Morgan fingerprint density at radius 2 is 1.72 bits per heavy atom. The summed E-state index contributed by atoms with van der Waals surface area (Å²) in [6.07, 6.45) is 21.9. The maximum absolute atomic E-state index is 13.7. The van der Waals surface area contributed by atoms with Crippen molar-refractivity contribution in [1.29, 1.82) is 0 Å². The highest BCUT2D eigenvalue weighted by Gasteiger charge is 2.49. The Kier molecular flexibility index (Phi) is 12.4. The van der Waals surface area contributed by atoms with Crippen LogP contribution < -0.4 is 5.73 Å². The second-order valence-electron chi connectivity index (χ2n) is 10.6. The van der Waals surface area contributed by atoms with Crippen molar-refractivity contribution in [2.75, 3.05) is 12.3 Å². The normalized spacial score (nSPS) is 20.9. The van der Waals surface area contributed by atoms with Gasteiger partial charge in [0, 0.05) is 12.8 Å². The number of hydrogen-bond acceptors (Lipinski definition) is 8. The van der Waals surface area contributed by atoms with E-state index in [2.05, 4.69) is 27.8 Å². The van der Waals surface area contributed by atoms with Gasteiger partial charge in [-0.15, -0.1) is 6.42 Å². The molecule has 2 aromatic heterocycles. The third kappa shape index (κ3) is 8.87. The first kappa shape index (κ1) is 30.8. The average Bonchev–Trinajstić information content (AvgIpc) is 3.48. The first-order valence-electron chi connectivity index (χ1n) is 14.5. The molecular weight excluding hydrogens is 501 g/mol. The number of fused-ring (bicyclic) bond motifs is 1. The van der Waals surface area contributed by atoms with Gasteiger partial charge in [-0.05, 0) is 6.42 Å². The third-order valence-corrected chi connectivity index (χ3v) is 7.47. The van der Waals surface area contributed by atoms with Gasteiger partial charge < -0.3 is 20.3 Å². The molecule has 0 amide bonds. The van der Waals surface area contributed by atoms with Crippen LogP contribution in [0.1, 0.15) is 116 Å². The van der Waals surface area contributed by atoms with E-state index in [0.717, 1.165) is 19.3 Å². The van der Waals surface area contributed by atoms with Crippen molar-refractivity contribution < 1.29 is 23.8 Å². The molecule has 0 aliphatic carbocycles. The lowest BCUT2D eigenvalue weighted by atomic mass is 9.99. The number of carbonyl (C=O) groups is 1. The van der Waals surface area contributed by atoms with Crippen LogP contribution in [0.4, 0.5) is 10.2 Å². The fraction of sp³-hybridized carbons (Fsp3) is 0.724. The standard InChI is InChI=1S/C29H44FN5O4/c1-3-5-6-7-8-9-10-11-12-13-14-15-16-17-18-24(37)38-20-29(4-2)22(36)19-23(39-29)35-21-32-25-26(31)33-28(30)34-27(25)35/h2,21-23,36H,3,5-20H2,1H3,(H2,31,33,34)/t22-,23+,29?/m0/s1. The van der Waals surface area contributed by atoms with Gasteiger partial charge in [0.25, 0.3) is 0 Å². The number of anilines is 1. The van der Waals surface area contributed by atoms with E-state index in [4.69, 9.17) is 21.6 Å². The summed E-state index contributed by atoms with van der Waals surface area (Å²) < 4.78 is 26.5. The molecule has 1 saturated heterocycles. The molecule has 3 rings (SSSR count). The van der Waals surface area contributed by atoms with Gasteiger partial charge >= 0.3 is 12.0 Å². The van der Waals surface area contributed by atoms with E-state index < -0.39 is 24.0 Å². The molecule has 216 valence electrons. The number of aliphatic hydroxyl groups is 1. The molecule has 1 fully saturated rings. The Morgan fingerprint density at radius 1 is 1.13 bits per heavy atom. The van der Waals surface area contributed by atoms with Crippen LogP contribution in [-0.4, -0.2) is 48.9 Å². The van der Waals surface area contributed by atoms with Crippen molar-refractivity contribution in [1.82, 2.24) is 19.5 Å². The minimum Gasteiger partial charge on any atom is -0.461 e. The predicted molar refractivity (Wildman–Crippen MR) is 148 cm³/mol. The first-order valence-corrected chi connectivity index (χ1v) is 14.5. The van der Waals surface area contributed by atoms with E-state index in [9.17, 15) is 14.3 Å². The monoisotopic (exact) mass is 545 g/mol. The number of unbranched alkanes of at least 4 members (excludes halogenated alkanes) is 13. The van der Waals surface area contributed by atoms with Crippen LogP contribution >= 0.6 is 0 Å². The fourth-order valence-corrected chi connectivity index (χ4v) is 5.07. The fourth-order valence-electron chi connectivity index (χ4n) is 5.07. The molecule has 0 bridgehead atoms. The summed E-state index contributed by atoms with van der Waals surface area (Å²) in [5.74, 6) is 1.97. The zero-order chi connectivity index (χ0) is 28.1. The van der Waals surface area contributed by atoms with Gasteiger partial charge in [-0.2, -0.15) is 14.4 Å². The van der Waals surface area contributed by atoms with E-state index in [1.807, 2.05) is 0 Å². The molecule has 3 N–H and O–H groups in total. The van der Waals surface area contributed by atoms with Gasteiger partial charge in [0.1, 0.15) is 18.9 Å². The number of terminal acetylenes is 1. The molecule has 2 aromatic rings. The number of aliphatic hydroxyl groups excluding tert-OH is 1. The van der Waals surface area contributed by atoms with Gasteiger partial charge in [-0.3, -0.25) is 9.36 Å². The summed E-state index contributed by atoms with van der Waals surface area (Å²) in [6, 6.07) is 0. The van der Waals surface area contributed by atoms with Gasteiger partial charge in [-0.25, -0.2) is 4.98 Å². The number of nitrogens with two attached hydrogens (primary N) is 1. The van der Waals surface area contributed by atoms with Gasteiger partial charge in [0.05, 0.1) is 6.33 Å². The summed E-state index contributed by atoms with van der Waals surface area (Å²) in [5, 5.41) is 10.7. The molecule has 1 aliphatic heterocycles. The lowest BCUT2D eigenvalue weighted by Gasteiger charge is -2.26. The number of rotatable bonds is 18. The number of esters is 1. The van der Waals surface area contributed by atoms with E-state index in [0.29, 0.717) is 6.42 Å². The molecule has 0 radical (unpaired) electrons. The van der Waals surface area contributed by atoms with E-state index >= 15 is 0 Å². The largest absolute Gasteiger partial charge is 0.461 e. The molecule has 39 heavy (non-hydrogen) atoms. The van der Waals surface area contributed by atoms with Crippen molar-refractivity contribution in [3.05, 3.63) is 12.4 Å². The van der Waals surface area contributed by atoms with Gasteiger partial charge in [0.15, 0.2) is 22.6 Å². The summed E-state index contributed by atoms with van der Waals surface area (Å²) in [4.78, 5) is 23.6. The second kappa shape index (κ2) is 15.7. The summed E-state index contributed by atoms with van der Waals surface area (Å²) in [7, 11) is 0. The molecule has 0 saturated carbocycles. The third-order valence-electron chi connectivity index (χ3n) is 7.47. The molecule has 3 heterocycles. The minimum atomic E-state index is -1.52. The average molecular weight is 546 g/mol. The number of hydrogen-bond donors (Lipinski definition) is 2. The van der Waals surface area contributed by atoms with Crippen LogP contribution in [0.2, 0.25) is 0 Å². The Morgan fingerprint density at radius 3 is 2.31 bits per heavy atom. The Hall–Kier alpha value is -2.77. The van der Waals surface area contributed by atoms with Crippen LogP contribution in [-0.2, 0) is 14.3 Å². The smallest absolute Gasteiger partial charge is 0.312 e. The zero-order valence-electron chi connectivity index (χ0n) is 23.2. The maximum Gasteiger partial charge on any atom is 0.312 e. The van der Waals surface area contributed by atoms with Crippen molar-refractivity contribution in [3.63, 3.8) is 0 Å². The molecule has 1 aliphatic rings. The molecular formula is C29H44FN5O4. The van der Waals surface area contributed by atoms with Gasteiger partial charge in [0.2, 0.25) is 0 Å². The molecule has 0 aromatic carbocycles. The highest BCUT2D eigenvalue weighted by atomic mass is 19.1. The van der Waals surface area contributed by atoms with Crippen LogP contribution in [0.15, 0.2) is 6.33 Å². The topological polar surface area (TPSA) is 125 Å². The number of imidazole rings is 1. The van der Waals surface area contributed by atoms with E-state index in [1.54, 1.807) is 0 Å². The van der Waals surface area contributed by atoms with Crippen LogP contribution in [0.5, 0.6) is 0 Å². The molecule has 3 atom stereocenters. The number of carbonyl (C=O) groups excluding carboxylic acids is 1. The molecule has 10 heteroatoms. The van der Waals surface area contributed by atoms with Crippen molar-refractivity contribution >= 4 is 23.0 Å². The molecule has 9 nitrogen and oxygen atoms in total. The predicted octanol–water partition coefficient (Wildman–Crippen LogP) is 5.61. The van der Waals surface area contributed by atoms with E-state index in [1.165, 1.54) is 81.5 Å². The Bertz CT molecular complexity index is 1090. The quantitative estimate of drug-likeness (QED) is 0.107. The lowest BCUT2D eigenvalue weighted by Crippen LogP contribution is -2.43. The van der Waals surface area contributed by atoms with Crippen LogP contribution in [0.25, 0.3) is 11.2 Å². The number of halogens is 1. The number of ether oxygens (including phenoxy) is 2. The Balaban J connectivity index is 1.31. The molecule has 1 unspecified atom stereocenters. The first-order chi connectivity index (χ1) is 18.9. The van der Waals surface area contributed by atoms with Crippen molar-refractivity contribution in [3.8, 4) is 12.3 Å². The number of aromatic nitrogens is 4. The Labute approximate surface area is 231 Å². The highest BCUT2D eigenvalue weighted by Crippen LogP contribution is 2.38. The zero-order valence-corrected chi connectivity index (χ0v) is 23.2. The summed E-state index contributed by atoms with van der Waals surface area (Å²) in [5.41, 5.74) is 4.54. The summed E-state index contributed by atoms with van der Waals surface area (Å²) >= 11 is 0.